The summed E-state index contributed by atoms with van der Waals surface area (Å²) in [5.41, 5.74) is 2.58. The molecule has 0 fully saturated rings. The number of nitrogens with one attached hydrogen (secondary N) is 2. The molecule has 0 saturated carbocycles. The number of halogens is 1. The number of anilines is 1. The van der Waals surface area contributed by atoms with Crippen LogP contribution in [0.5, 0.6) is 0 Å². The molecule has 5 heteroatoms. The molecule has 2 aromatic rings. The van der Waals surface area contributed by atoms with Gasteiger partial charge in [0.05, 0.1) is 10.6 Å². The van der Waals surface area contributed by atoms with Gasteiger partial charge in [0.1, 0.15) is 0 Å². The molecule has 3 nitrogen and oxygen atoms in total. The first-order valence-corrected chi connectivity index (χ1v) is 6.79. The van der Waals surface area contributed by atoms with Crippen LogP contribution in [0.15, 0.2) is 35.0 Å². The van der Waals surface area contributed by atoms with Crippen LogP contribution < -0.4 is 10.6 Å². The molecular weight excluding hydrogens is 268 g/mol. The van der Waals surface area contributed by atoms with Crippen LogP contribution in [0.2, 0.25) is 5.02 Å². The van der Waals surface area contributed by atoms with Gasteiger partial charge in [0.2, 0.25) is 0 Å². The first-order chi connectivity index (χ1) is 8.70. The summed E-state index contributed by atoms with van der Waals surface area (Å²) >= 11 is 7.65. The monoisotopic (exact) mass is 280 g/mol. The van der Waals surface area contributed by atoms with Gasteiger partial charge in [-0.1, -0.05) is 11.6 Å². The highest BCUT2D eigenvalue weighted by Crippen LogP contribution is 2.21. The van der Waals surface area contributed by atoms with Gasteiger partial charge >= 0.3 is 0 Å². The van der Waals surface area contributed by atoms with E-state index in [2.05, 4.69) is 22.1 Å². The number of carbonyl (C=O) groups excluding carboxylic acids is 1. The van der Waals surface area contributed by atoms with Crippen molar-refractivity contribution in [3.05, 3.63) is 51.2 Å². The average Bonchev–Trinajstić information content (AvgIpc) is 2.90. The van der Waals surface area contributed by atoms with Gasteiger partial charge in [-0.2, -0.15) is 11.3 Å². The number of hydrogen-bond donors (Lipinski definition) is 2. The minimum atomic E-state index is -0.181. The molecule has 1 aromatic carbocycles. The zero-order valence-electron chi connectivity index (χ0n) is 9.87. The summed E-state index contributed by atoms with van der Waals surface area (Å²) in [5, 5.41) is 10.4. The predicted molar refractivity (Wildman–Crippen MR) is 76.5 cm³/mol. The lowest BCUT2D eigenvalue weighted by Crippen LogP contribution is -2.18. The standard InChI is InChI=1S/C13H13ClN2OS/c1-15-13(17)11-6-10(2-3-12(11)14)16-7-9-4-5-18-8-9/h2-6,8,16H,7H2,1H3,(H,15,17). The number of thiophene rings is 1. The third-order valence-electron chi connectivity index (χ3n) is 2.51. The summed E-state index contributed by atoms with van der Waals surface area (Å²) in [7, 11) is 1.59. The van der Waals surface area contributed by atoms with Crippen molar-refractivity contribution in [3.63, 3.8) is 0 Å². The van der Waals surface area contributed by atoms with Crippen molar-refractivity contribution in [2.75, 3.05) is 12.4 Å². The molecule has 1 aromatic heterocycles. The highest BCUT2D eigenvalue weighted by Gasteiger charge is 2.09. The first kappa shape index (κ1) is 12.9. The highest BCUT2D eigenvalue weighted by molar-refractivity contribution is 7.07. The molecule has 18 heavy (non-hydrogen) atoms. The van der Waals surface area contributed by atoms with Gasteiger partial charge in [-0.3, -0.25) is 4.79 Å². The smallest absolute Gasteiger partial charge is 0.252 e. The van der Waals surface area contributed by atoms with Crippen molar-refractivity contribution >= 4 is 34.5 Å². The Bertz CT molecular complexity index is 540. The largest absolute Gasteiger partial charge is 0.381 e. The second kappa shape index (κ2) is 5.89. The molecule has 2 rings (SSSR count). The molecule has 94 valence electrons. The van der Waals surface area contributed by atoms with E-state index in [0.29, 0.717) is 10.6 Å². The topological polar surface area (TPSA) is 41.1 Å². The molecule has 2 N–H and O–H groups in total. The maximum atomic E-state index is 11.6. The third kappa shape index (κ3) is 3.03. The lowest BCUT2D eigenvalue weighted by Gasteiger charge is -2.08. The summed E-state index contributed by atoms with van der Waals surface area (Å²) in [6.07, 6.45) is 0. The van der Waals surface area contributed by atoms with E-state index in [4.69, 9.17) is 11.6 Å². The van der Waals surface area contributed by atoms with Crippen molar-refractivity contribution in [2.24, 2.45) is 0 Å². The van der Waals surface area contributed by atoms with Crippen LogP contribution >= 0.6 is 22.9 Å². The van der Waals surface area contributed by atoms with Crippen LogP contribution in [0, 0.1) is 0 Å². The van der Waals surface area contributed by atoms with E-state index >= 15 is 0 Å². The molecule has 1 heterocycles. The molecular formula is C13H13ClN2OS. The van der Waals surface area contributed by atoms with Gasteiger partial charge in [0, 0.05) is 19.3 Å². The van der Waals surface area contributed by atoms with E-state index in [0.717, 1.165) is 12.2 Å². The zero-order chi connectivity index (χ0) is 13.0. The summed E-state index contributed by atoms with van der Waals surface area (Å²) in [6.45, 7) is 0.734. The minimum Gasteiger partial charge on any atom is -0.381 e. The molecule has 0 unspecified atom stereocenters. The minimum absolute atomic E-state index is 0.181. The Balaban J connectivity index is 2.12. The van der Waals surface area contributed by atoms with E-state index in [1.807, 2.05) is 11.4 Å². The van der Waals surface area contributed by atoms with Crippen LogP contribution in [-0.2, 0) is 6.54 Å². The zero-order valence-corrected chi connectivity index (χ0v) is 11.4. The predicted octanol–water partition coefficient (Wildman–Crippen LogP) is 3.37. The molecule has 0 radical (unpaired) electrons. The molecule has 0 spiro atoms. The summed E-state index contributed by atoms with van der Waals surface area (Å²) in [6, 6.07) is 7.41. The number of rotatable bonds is 4. The Kier molecular flexibility index (Phi) is 4.23. The van der Waals surface area contributed by atoms with E-state index < -0.39 is 0 Å². The van der Waals surface area contributed by atoms with Crippen molar-refractivity contribution < 1.29 is 4.79 Å². The van der Waals surface area contributed by atoms with Crippen LogP contribution in [0.4, 0.5) is 5.69 Å². The van der Waals surface area contributed by atoms with E-state index in [1.165, 1.54) is 5.56 Å². The number of carbonyl (C=O) groups is 1. The Hall–Kier alpha value is -1.52. The summed E-state index contributed by atoms with van der Waals surface area (Å²) in [5.74, 6) is -0.181. The fourth-order valence-corrected chi connectivity index (χ4v) is 2.41. The summed E-state index contributed by atoms with van der Waals surface area (Å²) < 4.78 is 0. The molecule has 0 atom stereocenters. The molecule has 0 bridgehead atoms. The van der Waals surface area contributed by atoms with Crippen molar-refractivity contribution in [1.29, 1.82) is 0 Å². The normalized spacial score (nSPS) is 10.1. The maximum Gasteiger partial charge on any atom is 0.252 e. The fraction of sp³-hybridized carbons (Fsp3) is 0.154. The SMILES string of the molecule is CNC(=O)c1cc(NCc2ccsc2)ccc1Cl. The van der Waals surface area contributed by atoms with Crippen LogP contribution in [0.1, 0.15) is 15.9 Å². The molecule has 0 saturated heterocycles. The quantitative estimate of drug-likeness (QED) is 0.901. The number of amides is 1. The van der Waals surface area contributed by atoms with Crippen molar-refractivity contribution in [1.82, 2.24) is 5.32 Å². The molecule has 1 amide bonds. The number of benzene rings is 1. The fourth-order valence-electron chi connectivity index (χ4n) is 1.54. The second-order valence-electron chi connectivity index (χ2n) is 3.76. The Labute approximate surface area is 115 Å². The Morgan fingerprint density at radius 1 is 1.39 bits per heavy atom. The van der Waals surface area contributed by atoms with Crippen LogP contribution in [0.25, 0.3) is 0 Å². The molecule has 0 aliphatic carbocycles. The third-order valence-corrected chi connectivity index (χ3v) is 3.58. The lowest BCUT2D eigenvalue weighted by molar-refractivity contribution is 0.0963. The van der Waals surface area contributed by atoms with Gasteiger partial charge in [0.25, 0.3) is 5.91 Å². The van der Waals surface area contributed by atoms with Gasteiger partial charge in [0.15, 0.2) is 0 Å². The molecule has 0 aliphatic rings. The lowest BCUT2D eigenvalue weighted by atomic mass is 10.2. The number of hydrogen-bond acceptors (Lipinski definition) is 3. The van der Waals surface area contributed by atoms with Crippen LogP contribution in [-0.4, -0.2) is 13.0 Å². The van der Waals surface area contributed by atoms with Gasteiger partial charge in [-0.05, 0) is 40.6 Å². The first-order valence-electron chi connectivity index (χ1n) is 5.47. The van der Waals surface area contributed by atoms with Gasteiger partial charge in [-0.25, -0.2) is 0 Å². The van der Waals surface area contributed by atoms with Crippen LogP contribution in [0.3, 0.4) is 0 Å². The van der Waals surface area contributed by atoms with Crippen molar-refractivity contribution in [3.8, 4) is 0 Å². The molecule has 0 aliphatic heterocycles. The van der Waals surface area contributed by atoms with E-state index in [1.54, 1.807) is 30.5 Å². The second-order valence-corrected chi connectivity index (χ2v) is 4.95. The van der Waals surface area contributed by atoms with Gasteiger partial charge < -0.3 is 10.6 Å². The van der Waals surface area contributed by atoms with Crippen molar-refractivity contribution in [2.45, 2.75) is 6.54 Å². The average molecular weight is 281 g/mol. The maximum absolute atomic E-state index is 11.6. The van der Waals surface area contributed by atoms with E-state index in [9.17, 15) is 4.79 Å². The summed E-state index contributed by atoms with van der Waals surface area (Å²) in [4.78, 5) is 11.6. The highest BCUT2D eigenvalue weighted by atomic mass is 35.5. The Morgan fingerprint density at radius 3 is 2.89 bits per heavy atom. The van der Waals surface area contributed by atoms with Gasteiger partial charge in [-0.15, -0.1) is 0 Å². The Morgan fingerprint density at radius 2 is 2.22 bits per heavy atom. The van der Waals surface area contributed by atoms with E-state index in [-0.39, 0.29) is 5.91 Å².